The molecule has 4 aliphatic carbocycles. The summed E-state index contributed by atoms with van der Waals surface area (Å²) >= 11 is 0. The van der Waals surface area contributed by atoms with E-state index in [1.165, 1.54) is 0 Å². The Hall–Kier alpha value is -1.05. The van der Waals surface area contributed by atoms with Gasteiger partial charge in [0.2, 0.25) is 0 Å². The molecule has 2 saturated carbocycles. The Morgan fingerprint density at radius 2 is 2.05 bits per heavy atom. The summed E-state index contributed by atoms with van der Waals surface area (Å²) in [5, 5.41) is 0. The fourth-order valence-corrected chi connectivity index (χ4v) is 4.82. The van der Waals surface area contributed by atoms with Crippen LogP contribution in [0, 0.1) is 29.1 Å². The molecular weight excluding hydrogens is 236 g/mol. The summed E-state index contributed by atoms with van der Waals surface area (Å²) in [6.45, 7) is 4.38. The smallest absolute Gasteiger partial charge is 0.313 e. The van der Waals surface area contributed by atoms with Gasteiger partial charge in [0.15, 0.2) is 0 Å². The lowest BCUT2D eigenvalue weighted by atomic mass is 9.77. The van der Waals surface area contributed by atoms with Gasteiger partial charge in [0.25, 0.3) is 0 Å². The van der Waals surface area contributed by atoms with Crippen LogP contribution < -0.4 is 0 Å². The second kappa shape index (κ2) is 3.53. The van der Waals surface area contributed by atoms with E-state index in [1.54, 1.807) is 0 Å². The summed E-state index contributed by atoms with van der Waals surface area (Å²) in [7, 11) is 0. The molecule has 19 heavy (non-hydrogen) atoms. The Morgan fingerprint density at radius 1 is 1.21 bits per heavy atom. The number of carbonyl (C=O) groups is 1. The minimum absolute atomic E-state index is 0.0451. The van der Waals surface area contributed by atoms with Crippen molar-refractivity contribution in [2.24, 2.45) is 29.1 Å². The third-order valence-corrected chi connectivity index (χ3v) is 6.07. The van der Waals surface area contributed by atoms with Crippen LogP contribution in [0.4, 0.5) is 0 Å². The molecule has 4 aliphatic rings. The van der Waals surface area contributed by atoms with Crippen LogP contribution in [0.2, 0.25) is 0 Å². The largest absolute Gasteiger partial charge is 0.454 e. The van der Waals surface area contributed by atoms with Crippen molar-refractivity contribution >= 4 is 5.97 Å². The SMILES string of the molecule is CC1CC2(OC(=O)C3(C)CC4C=CC3C4)C=CC1C2. The molecule has 4 bridgehead atoms. The maximum absolute atomic E-state index is 12.7. The van der Waals surface area contributed by atoms with Crippen molar-refractivity contribution in [3.05, 3.63) is 24.3 Å². The summed E-state index contributed by atoms with van der Waals surface area (Å²) in [5.41, 5.74) is -0.540. The fourth-order valence-electron chi connectivity index (χ4n) is 4.82. The first-order valence-electron chi connectivity index (χ1n) is 7.62. The molecule has 0 amide bonds. The zero-order valence-corrected chi connectivity index (χ0v) is 11.8. The topological polar surface area (TPSA) is 26.3 Å². The maximum Gasteiger partial charge on any atom is 0.313 e. The third kappa shape index (κ3) is 1.52. The van der Waals surface area contributed by atoms with Crippen molar-refractivity contribution in [2.75, 3.05) is 0 Å². The van der Waals surface area contributed by atoms with Crippen LogP contribution in [-0.2, 0) is 9.53 Å². The van der Waals surface area contributed by atoms with Crippen molar-refractivity contribution in [1.29, 1.82) is 0 Å². The highest BCUT2D eigenvalue weighted by Crippen LogP contribution is 2.55. The second-order valence-electron chi connectivity index (χ2n) is 7.47. The van der Waals surface area contributed by atoms with Crippen molar-refractivity contribution in [2.45, 2.75) is 45.1 Å². The molecule has 6 atom stereocenters. The lowest BCUT2D eigenvalue weighted by Crippen LogP contribution is -2.40. The Kier molecular flexibility index (Phi) is 2.18. The van der Waals surface area contributed by atoms with Gasteiger partial charge in [-0.05, 0) is 62.4 Å². The van der Waals surface area contributed by atoms with Crippen LogP contribution in [-0.4, -0.2) is 11.6 Å². The number of carbonyl (C=O) groups excluding carboxylic acids is 1. The number of fused-ring (bicyclic) bond motifs is 4. The van der Waals surface area contributed by atoms with Gasteiger partial charge in [0.1, 0.15) is 5.60 Å². The molecule has 102 valence electrons. The Balaban J connectivity index is 1.54. The van der Waals surface area contributed by atoms with Gasteiger partial charge in [-0.1, -0.05) is 25.2 Å². The van der Waals surface area contributed by atoms with Gasteiger partial charge < -0.3 is 4.74 Å². The van der Waals surface area contributed by atoms with Crippen molar-refractivity contribution in [3.63, 3.8) is 0 Å². The van der Waals surface area contributed by atoms with Crippen LogP contribution in [0.25, 0.3) is 0 Å². The highest BCUT2D eigenvalue weighted by atomic mass is 16.6. The predicted octanol–water partition coefficient (Wildman–Crippen LogP) is 3.49. The molecule has 2 heteroatoms. The lowest BCUT2D eigenvalue weighted by Gasteiger charge is -2.34. The Morgan fingerprint density at radius 3 is 2.58 bits per heavy atom. The minimum atomic E-state index is -0.272. The average Bonchev–Trinajstić information content (AvgIpc) is 3.06. The van der Waals surface area contributed by atoms with Crippen molar-refractivity contribution < 1.29 is 9.53 Å². The van der Waals surface area contributed by atoms with E-state index in [0.717, 1.165) is 25.7 Å². The number of allylic oxidation sites excluding steroid dienone is 3. The van der Waals surface area contributed by atoms with Crippen LogP contribution in [0.3, 0.4) is 0 Å². The van der Waals surface area contributed by atoms with E-state index >= 15 is 0 Å². The van der Waals surface area contributed by atoms with Gasteiger partial charge >= 0.3 is 5.97 Å². The minimum Gasteiger partial charge on any atom is -0.454 e. The van der Waals surface area contributed by atoms with Gasteiger partial charge in [0, 0.05) is 0 Å². The second-order valence-corrected chi connectivity index (χ2v) is 7.47. The maximum atomic E-state index is 12.7. The third-order valence-electron chi connectivity index (χ3n) is 6.07. The summed E-state index contributed by atoms with van der Waals surface area (Å²) in [6.07, 6.45) is 13.1. The van der Waals surface area contributed by atoms with Crippen LogP contribution in [0.15, 0.2) is 24.3 Å². The molecule has 6 unspecified atom stereocenters. The number of hydrogen-bond donors (Lipinski definition) is 0. The molecule has 0 heterocycles. The first-order chi connectivity index (χ1) is 9.01. The Labute approximate surface area is 114 Å². The zero-order chi connectivity index (χ0) is 13.3. The van der Waals surface area contributed by atoms with Crippen LogP contribution >= 0.6 is 0 Å². The highest BCUT2D eigenvalue weighted by Gasteiger charge is 2.55. The van der Waals surface area contributed by atoms with Gasteiger partial charge in [0.05, 0.1) is 5.41 Å². The van der Waals surface area contributed by atoms with Gasteiger partial charge in [-0.15, -0.1) is 0 Å². The van der Waals surface area contributed by atoms with E-state index in [0.29, 0.717) is 23.7 Å². The zero-order valence-electron chi connectivity index (χ0n) is 11.8. The summed E-state index contributed by atoms with van der Waals surface area (Å²) < 4.78 is 6.04. The number of hydrogen-bond acceptors (Lipinski definition) is 2. The standard InChI is InChI=1S/C17H22O2/c1-11-8-17(6-5-13(11)10-17)19-15(18)16(2)9-12-3-4-14(16)7-12/h3-6,11-14H,7-10H2,1-2H3. The fraction of sp³-hybridized carbons (Fsp3) is 0.706. The van der Waals surface area contributed by atoms with E-state index < -0.39 is 0 Å². The summed E-state index contributed by atoms with van der Waals surface area (Å²) in [4.78, 5) is 12.7. The first-order valence-corrected chi connectivity index (χ1v) is 7.62. The van der Waals surface area contributed by atoms with E-state index in [4.69, 9.17) is 4.74 Å². The molecule has 0 aromatic rings. The average molecular weight is 258 g/mol. The molecule has 0 aliphatic heterocycles. The van der Waals surface area contributed by atoms with Gasteiger partial charge in [-0.3, -0.25) is 4.79 Å². The summed E-state index contributed by atoms with van der Waals surface area (Å²) in [5.74, 6) is 2.34. The normalized spacial score (nSPS) is 53.2. The van der Waals surface area contributed by atoms with E-state index in [9.17, 15) is 4.79 Å². The van der Waals surface area contributed by atoms with Crippen molar-refractivity contribution in [3.8, 4) is 0 Å². The molecule has 0 aromatic carbocycles. The number of ether oxygens (including phenoxy) is 1. The first kappa shape index (κ1) is 11.7. The molecule has 0 N–H and O–H groups in total. The van der Waals surface area contributed by atoms with E-state index in [-0.39, 0.29) is 17.0 Å². The molecule has 0 saturated heterocycles. The van der Waals surface area contributed by atoms with E-state index in [1.807, 2.05) is 0 Å². The molecule has 2 nitrogen and oxygen atoms in total. The van der Waals surface area contributed by atoms with Crippen molar-refractivity contribution in [1.82, 2.24) is 0 Å². The quantitative estimate of drug-likeness (QED) is 0.560. The van der Waals surface area contributed by atoms with Gasteiger partial charge in [-0.25, -0.2) is 0 Å². The monoisotopic (exact) mass is 258 g/mol. The van der Waals surface area contributed by atoms with Gasteiger partial charge in [-0.2, -0.15) is 0 Å². The lowest BCUT2D eigenvalue weighted by molar-refractivity contribution is -0.168. The Bertz CT molecular complexity index is 491. The predicted molar refractivity (Wildman–Crippen MR) is 73.3 cm³/mol. The summed E-state index contributed by atoms with van der Waals surface area (Å²) in [6, 6.07) is 0. The molecule has 2 fully saturated rings. The van der Waals surface area contributed by atoms with E-state index in [2.05, 4.69) is 38.2 Å². The van der Waals surface area contributed by atoms with Crippen LogP contribution in [0.5, 0.6) is 0 Å². The highest BCUT2D eigenvalue weighted by molar-refractivity contribution is 5.79. The molecule has 0 aromatic heterocycles. The molecule has 0 radical (unpaired) electrons. The molecular formula is C17H22O2. The van der Waals surface area contributed by atoms with Crippen LogP contribution in [0.1, 0.15) is 39.5 Å². The number of esters is 1. The molecule has 4 rings (SSSR count). The number of rotatable bonds is 2. The molecule has 0 spiro atoms.